The molecule has 0 amide bonds. The van der Waals surface area contributed by atoms with Crippen molar-refractivity contribution in [2.45, 2.75) is 43.2 Å². The lowest BCUT2D eigenvalue weighted by molar-refractivity contribution is -0.162. The Balaban J connectivity index is 2.17. The van der Waals surface area contributed by atoms with Crippen molar-refractivity contribution in [1.82, 2.24) is 0 Å². The van der Waals surface area contributed by atoms with Crippen LogP contribution in [0.2, 0.25) is 0 Å². The summed E-state index contributed by atoms with van der Waals surface area (Å²) in [6.07, 6.45) is -0.193. The van der Waals surface area contributed by atoms with E-state index in [1.165, 1.54) is 7.11 Å². The van der Waals surface area contributed by atoms with Gasteiger partial charge in [0.1, 0.15) is 5.92 Å². The maximum absolute atomic E-state index is 13.1. The molecule has 1 saturated carbocycles. The molecular formula is C11H17F2NO3. The number of ether oxygens (including phenoxy) is 2. The molecule has 0 bridgehead atoms. The minimum Gasteiger partial charge on any atom is -0.469 e. The van der Waals surface area contributed by atoms with Gasteiger partial charge in [-0.1, -0.05) is 0 Å². The highest BCUT2D eigenvalue weighted by atomic mass is 19.3. The van der Waals surface area contributed by atoms with Gasteiger partial charge in [-0.05, 0) is 12.8 Å². The maximum atomic E-state index is 13.1. The molecule has 17 heavy (non-hydrogen) atoms. The Morgan fingerprint density at radius 1 is 1.35 bits per heavy atom. The molecule has 0 aromatic rings. The molecule has 98 valence electrons. The topological polar surface area (TPSA) is 61.5 Å². The molecule has 0 radical (unpaired) electrons. The van der Waals surface area contributed by atoms with Crippen molar-refractivity contribution in [2.24, 2.45) is 11.7 Å². The summed E-state index contributed by atoms with van der Waals surface area (Å²) in [5.41, 5.74) is 4.98. The fourth-order valence-corrected chi connectivity index (χ4v) is 2.85. The molecule has 4 nitrogen and oxygen atoms in total. The highest BCUT2D eigenvalue weighted by Crippen LogP contribution is 2.47. The number of carbonyl (C=O) groups is 1. The van der Waals surface area contributed by atoms with E-state index in [1.54, 1.807) is 0 Å². The number of esters is 1. The zero-order valence-corrected chi connectivity index (χ0v) is 9.75. The van der Waals surface area contributed by atoms with Gasteiger partial charge in [0.15, 0.2) is 0 Å². The van der Waals surface area contributed by atoms with E-state index in [0.717, 1.165) is 0 Å². The van der Waals surface area contributed by atoms with Crippen molar-refractivity contribution in [3.63, 3.8) is 0 Å². The fraction of sp³-hybridized carbons (Fsp3) is 0.909. The second-order valence-electron chi connectivity index (χ2n) is 4.90. The Morgan fingerprint density at radius 3 is 2.47 bits per heavy atom. The third kappa shape index (κ3) is 2.15. The van der Waals surface area contributed by atoms with Crippen LogP contribution in [0.1, 0.15) is 25.7 Å². The van der Waals surface area contributed by atoms with Gasteiger partial charge in [-0.2, -0.15) is 0 Å². The lowest BCUT2D eigenvalue weighted by atomic mass is 9.73. The van der Waals surface area contributed by atoms with Crippen LogP contribution in [0.4, 0.5) is 8.78 Å². The normalized spacial score (nSPS) is 34.8. The Hall–Kier alpha value is -0.750. The van der Waals surface area contributed by atoms with E-state index in [4.69, 9.17) is 15.2 Å². The molecule has 2 aliphatic rings. The number of halogens is 2. The van der Waals surface area contributed by atoms with E-state index < -0.39 is 29.5 Å². The lowest BCUT2D eigenvalue weighted by Crippen LogP contribution is -2.49. The molecule has 2 fully saturated rings. The van der Waals surface area contributed by atoms with E-state index >= 15 is 0 Å². The van der Waals surface area contributed by atoms with Gasteiger partial charge in [-0.3, -0.25) is 4.79 Å². The molecule has 2 rings (SSSR count). The van der Waals surface area contributed by atoms with Crippen molar-refractivity contribution in [1.29, 1.82) is 0 Å². The van der Waals surface area contributed by atoms with E-state index in [-0.39, 0.29) is 32.3 Å². The molecule has 2 unspecified atom stereocenters. The quantitative estimate of drug-likeness (QED) is 0.706. The summed E-state index contributed by atoms with van der Waals surface area (Å²) in [6, 6.07) is -0.464. The highest BCUT2D eigenvalue weighted by molar-refractivity contribution is 5.75. The Kier molecular flexibility index (Phi) is 3.12. The summed E-state index contributed by atoms with van der Waals surface area (Å²) in [5.74, 6) is -3.73. The zero-order chi connectivity index (χ0) is 12.7. The molecule has 2 N–H and O–H groups in total. The lowest BCUT2D eigenvalue weighted by Gasteiger charge is -2.39. The standard InChI is InChI=1S/C11H17F2NO3/c1-16-9(15)8-7(14)6-17-10(8)2-4-11(12,13)5-3-10/h7-8H,2-6,14H2,1H3. The first-order valence-corrected chi connectivity index (χ1v) is 5.75. The number of hydrogen-bond acceptors (Lipinski definition) is 4. The third-order valence-electron chi connectivity index (χ3n) is 3.84. The van der Waals surface area contributed by atoms with Crippen LogP contribution in [0.3, 0.4) is 0 Å². The van der Waals surface area contributed by atoms with Crippen LogP contribution in [0.25, 0.3) is 0 Å². The van der Waals surface area contributed by atoms with E-state index in [9.17, 15) is 13.6 Å². The molecule has 1 heterocycles. The molecule has 1 aliphatic carbocycles. The highest BCUT2D eigenvalue weighted by Gasteiger charge is 2.56. The predicted octanol–water partition coefficient (Wildman–Crippen LogP) is 1.08. The van der Waals surface area contributed by atoms with Gasteiger partial charge < -0.3 is 15.2 Å². The van der Waals surface area contributed by atoms with Crippen molar-refractivity contribution >= 4 is 5.97 Å². The summed E-state index contributed by atoms with van der Waals surface area (Å²) in [6.45, 7) is 0.228. The number of methoxy groups -OCH3 is 1. The van der Waals surface area contributed by atoms with Crippen molar-refractivity contribution < 1.29 is 23.0 Å². The third-order valence-corrected chi connectivity index (χ3v) is 3.84. The first kappa shape index (κ1) is 12.7. The maximum Gasteiger partial charge on any atom is 0.313 e. The average Bonchev–Trinajstić information content (AvgIpc) is 2.61. The number of carbonyl (C=O) groups excluding carboxylic acids is 1. The van der Waals surface area contributed by atoms with Crippen molar-refractivity contribution in [3.05, 3.63) is 0 Å². The van der Waals surface area contributed by atoms with Gasteiger partial charge in [-0.15, -0.1) is 0 Å². The van der Waals surface area contributed by atoms with Crippen LogP contribution in [-0.2, 0) is 14.3 Å². The first-order valence-electron chi connectivity index (χ1n) is 5.75. The summed E-state index contributed by atoms with van der Waals surface area (Å²) in [7, 11) is 1.28. The molecule has 0 aromatic carbocycles. The molecular weight excluding hydrogens is 232 g/mol. The van der Waals surface area contributed by atoms with Crippen LogP contribution in [0, 0.1) is 5.92 Å². The van der Waals surface area contributed by atoms with Crippen LogP contribution in [-0.4, -0.2) is 37.3 Å². The molecule has 1 spiro atoms. The van der Waals surface area contributed by atoms with Gasteiger partial charge >= 0.3 is 5.97 Å². The monoisotopic (exact) mass is 249 g/mol. The second-order valence-corrected chi connectivity index (χ2v) is 4.90. The molecule has 0 aromatic heterocycles. The summed E-state index contributed by atoms with van der Waals surface area (Å²) in [4.78, 5) is 11.7. The molecule has 2 atom stereocenters. The van der Waals surface area contributed by atoms with Crippen LogP contribution >= 0.6 is 0 Å². The fourth-order valence-electron chi connectivity index (χ4n) is 2.85. The van der Waals surface area contributed by atoms with Gasteiger partial charge in [0.2, 0.25) is 5.92 Å². The van der Waals surface area contributed by atoms with E-state index in [2.05, 4.69) is 0 Å². The van der Waals surface area contributed by atoms with Gasteiger partial charge in [0.25, 0.3) is 0 Å². The zero-order valence-electron chi connectivity index (χ0n) is 9.75. The largest absolute Gasteiger partial charge is 0.469 e. The van der Waals surface area contributed by atoms with Gasteiger partial charge in [-0.25, -0.2) is 8.78 Å². The minimum absolute atomic E-state index is 0.160. The van der Waals surface area contributed by atoms with Gasteiger partial charge in [0, 0.05) is 18.9 Å². The van der Waals surface area contributed by atoms with Crippen molar-refractivity contribution in [2.75, 3.05) is 13.7 Å². The summed E-state index contributed by atoms with van der Waals surface area (Å²) < 4.78 is 36.6. The SMILES string of the molecule is COC(=O)C1C(N)COC12CCC(F)(F)CC2. The minimum atomic E-state index is -2.65. The number of hydrogen-bond donors (Lipinski definition) is 1. The number of alkyl halides is 2. The van der Waals surface area contributed by atoms with Crippen LogP contribution in [0.15, 0.2) is 0 Å². The summed E-state index contributed by atoms with van der Waals surface area (Å²) in [5, 5.41) is 0. The van der Waals surface area contributed by atoms with Crippen LogP contribution < -0.4 is 5.73 Å². The van der Waals surface area contributed by atoms with E-state index in [1.807, 2.05) is 0 Å². The summed E-state index contributed by atoms with van der Waals surface area (Å²) >= 11 is 0. The number of nitrogens with two attached hydrogens (primary N) is 1. The average molecular weight is 249 g/mol. The van der Waals surface area contributed by atoms with Crippen molar-refractivity contribution in [3.8, 4) is 0 Å². The Labute approximate surface area is 98.4 Å². The first-order chi connectivity index (χ1) is 7.90. The molecule has 1 aliphatic heterocycles. The molecule has 6 heteroatoms. The number of rotatable bonds is 1. The van der Waals surface area contributed by atoms with E-state index in [0.29, 0.717) is 0 Å². The smallest absolute Gasteiger partial charge is 0.313 e. The van der Waals surface area contributed by atoms with Crippen LogP contribution in [0.5, 0.6) is 0 Å². The Morgan fingerprint density at radius 2 is 1.94 bits per heavy atom. The Bertz CT molecular complexity index is 312. The van der Waals surface area contributed by atoms with Gasteiger partial charge in [0.05, 0.1) is 19.3 Å². The molecule has 1 saturated heterocycles. The second kappa shape index (κ2) is 4.17. The predicted molar refractivity (Wildman–Crippen MR) is 55.6 cm³/mol.